The summed E-state index contributed by atoms with van der Waals surface area (Å²) in [4.78, 5) is 60.6. The number of nitrogens with one attached hydrogen (secondary N) is 1. The molecule has 22 nitrogen and oxygen atoms in total. The van der Waals surface area contributed by atoms with Crippen molar-refractivity contribution in [2.24, 2.45) is 0 Å². The first-order valence-electron chi connectivity index (χ1n) is 19.2. The van der Waals surface area contributed by atoms with E-state index in [1.54, 1.807) is 4.57 Å². The van der Waals surface area contributed by atoms with Crippen LogP contribution >= 0.6 is 11.6 Å². The van der Waals surface area contributed by atoms with Gasteiger partial charge >= 0.3 is 12.1 Å². The van der Waals surface area contributed by atoms with Crippen molar-refractivity contribution in [3.05, 3.63) is 91.0 Å². The standard InChI is InChI=1S/C37H43ClN8O14/c1-3-4-12-30-39-34(38)31(44(30)18-23-13-15-24(16-14-23)26-10-5-6-11-27(26)35-40-42-43-41-35)36(47)57-22(2)58-37(48)59-29-21-55-32-28(20-54-33(29)32)53-17-8-7-9-25(60-46(51)52)19-56-45(49)50/h5-6,10-11,13-16,22,25,28-29,32-33H,3-4,7-9,12,17-21H2,1-2H3,(H,40,41,42,43)/t22?,25-,28+,29-,32?,33?/m0/s1. The molecule has 2 aliphatic rings. The number of aromatic nitrogens is 6. The Bertz CT molecular complexity index is 2070. The minimum Gasteiger partial charge on any atom is -0.426 e. The number of ether oxygens (including phenoxy) is 6. The Morgan fingerprint density at radius 3 is 2.42 bits per heavy atom. The van der Waals surface area contributed by atoms with Gasteiger partial charge in [-0.1, -0.05) is 73.5 Å². The van der Waals surface area contributed by atoms with Gasteiger partial charge in [-0.25, -0.2) is 14.6 Å². The fraction of sp³-hybridized carbons (Fsp3) is 0.514. The molecule has 1 N–H and O–H groups in total. The number of H-pyrrole nitrogens is 1. The van der Waals surface area contributed by atoms with Crippen LogP contribution in [-0.2, 0) is 51.1 Å². The Morgan fingerprint density at radius 2 is 1.72 bits per heavy atom. The number of unbranched alkanes of at least 4 members (excludes halogenated alkanes) is 2. The normalized spacial score (nSPS) is 19.2. The fourth-order valence-corrected chi connectivity index (χ4v) is 7.14. The highest BCUT2D eigenvalue weighted by molar-refractivity contribution is 6.32. The zero-order chi connectivity index (χ0) is 42.6. The molecule has 0 saturated carbocycles. The molecule has 2 aliphatic heterocycles. The van der Waals surface area contributed by atoms with Gasteiger partial charge < -0.3 is 42.7 Å². The minimum atomic E-state index is -1.37. The molecule has 0 radical (unpaired) electrons. The maximum absolute atomic E-state index is 13.6. The number of esters is 1. The summed E-state index contributed by atoms with van der Waals surface area (Å²) < 4.78 is 35.5. The number of fused-ring (bicyclic) bond motifs is 1. The number of aromatic amines is 1. The molecule has 0 spiro atoms. The largest absolute Gasteiger partial charge is 0.511 e. The third-order valence-electron chi connectivity index (χ3n) is 9.67. The van der Waals surface area contributed by atoms with Gasteiger partial charge in [0, 0.05) is 32.1 Å². The molecule has 4 heterocycles. The summed E-state index contributed by atoms with van der Waals surface area (Å²) in [5.41, 5.74) is 3.52. The van der Waals surface area contributed by atoms with Gasteiger partial charge in [0.05, 0.1) is 13.2 Å². The average molecular weight is 859 g/mol. The number of rotatable bonds is 22. The monoisotopic (exact) mass is 858 g/mol. The van der Waals surface area contributed by atoms with Crippen molar-refractivity contribution in [3.8, 4) is 22.5 Å². The molecule has 2 aromatic heterocycles. The first-order chi connectivity index (χ1) is 29.0. The van der Waals surface area contributed by atoms with E-state index in [9.17, 15) is 29.8 Å². The van der Waals surface area contributed by atoms with Crippen LogP contribution in [0.1, 0.15) is 67.8 Å². The molecule has 0 bridgehead atoms. The lowest BCUT2D eigenvalue weighted by molar-refractivity contribution is -0.790. The topological polar surface area (TPSA) is 267 Å². The van der Waals surface area contributed by atoms with Gasteiger partial charge in [-0.05, 0) is 47.6 Å². The molecular weight excluding hydrogens is 816 g/mol. The van der Waals surface area contributed by atoms with E-state index >= 15 is 0 Å². The lowest BCUT2D eigenvalue weighted by Gasteiger charge is -2.19. The quantitative estimate of drug-likeness (QED) is 0.0360. The minimum absolute atomic E-state index is 0.00353. The molecule has 2 aromatic carbocycles. The van der Waals surface area contributed by atoms with E-state index < -0.39 is 65.7 Å². The van der Waals surface area contributed by atoms with Crippen molar-refractivity contribution in [1.29, 1.82) is 0 Å². The van der Waals surface area contributed by atoms with Crippen LogP contribution in [0.15, 0.2) is 48.5 Å². The average Bonchev–Trinajstić information content (AvgIpc) is 4.03. The van der Waals surface area contributed by atoms with Gasteiger partial charge in [0.1, 0.15) is 36.8 Å². The maximum Gasteiger partial charge on any atom is 0.511 e. The van der Waals surface area contributed by atoms with Crippen LogP contribution in [0, 0.1) is 20.2 Å². The molecule has 4 aromatic rings. The number of aryl methyl sites for hydroxylation is 1. The highest BCUT2D eigenvalue weighted by Gasteiger charge is 2.50. The van der Waals surface area contributed by atoms with Gasteiger partial charge in [-0.15, -0.1) is 30.4 Å². The highest BCUT2D eigenvalue weighted by Crippen LogP contribution is 2.32. The predicted molar refractivity (Wildman–Crippen MR) is 204 cm³/mol. The Morgan fingerprint density at radius 1 is 0.983 bits per heavy atom. The molecule has 0 aliphatic carbocycles. The van der Waals surface area contributed by atoms with Crippen LogP contribution in [0.25, 0.3) is 22.5 Å². The van der Waals surface area contributed by atoms with Crippen LogP contribution in [0.4, 0.5) is 4.79 Å². The molecule has 6 rings (SSSR count). The molecule has 0 amide bonds. The highest BCUT2D eigenvalue weighted by atomic mass is 35.5. The second-order valence-corrected chi connectivity index (χ2v) is 14.2. The predicted octanol–water partition coefficient (Wildman–Crippen LogP) is 4.94. The summed E-state index contributed by atoms with van der Waals surface area (Å²) in [6, 6.07) is 15.5. The smallest absolute Gasteiger partial charge is 0.426 e. The van der Waals surface area contributed by atoms with Crippen molar-refractivity contribution < 1.29 is 57.9 Å². The fourth-order valence-electron chi connectivity index (χ4n) is 6.87. The Kier molecular flexibility index (Phi) is 15.1. The van der Waals surface area contributed by atoms with Gasteiger partial charge in [-0.3, -0.25) is 0 Å². The van der Waals surface area contributed by atoms with E-state index in [4.69, 9.17) is 40.0 Å². The van der Waals surface area contributed by atoms with E-state index in [1.807, 2.05) is 55.5 Å². The van der Waals surface area contributed by atoms with Gasteiger partial charge in [0.25, 0.3) is 10.2 Å². The van der Waals surface area contributed by atoms with Crippen molar-refractivity contribution in [2.75, 3.05) is 26.4 Å². The molecule has 2 saturated heterocycles. The van der Waals surface area contributed by atoms with Crippen LogP contribution in [0.3, 0.4) is 0 Å². The van der Waals surface area contributed by atoms with Gasteiger partial charge in [0.2, 0.25) is 12.1 Å². The molecular formula is C37H43ClN8O14. The second kappa shape index (κ2) is 20.8. The number of halogens is 1. The number of hydrogen-bond donors (Lipinski definition) is 1. The summed E-state index contributed by atoms with van der Waals surface area (Å²) in [7, 11) is 0. The Hall–Kier alpha value is -5.97. The van der Waals surface area contributed by atoms with Gasteiger partial charge in [-0.2, -0.15) is 5.21 Å². The third-order valence-corrected chi connectivity index (χ3v) is 9.93. The number of nitrogens with zero attached hydrogens (tertiary/aromatic N) is 7. The number of tetrazole rings is 1. The second-order valence-electron chi connectivity index (χ2n) is 13.8. The summed E-state index contributed by atoms with van der Waals surface area (Å²) in [5, 5.41) is 33.4. The van der Waals surface area contributed by atoms with Gasteiger partial charge in [0.15, 0.2) is 17.0 Å². The summed E-state index contributed by atoms with van der Waals surface area (Å²) in [5.74, 6) is 0.215. The molecule has 2 fully saturated rings. The summed E-state index contributed by atoms with van der Waals surface area (Å²) in [6.45, 7) is 3.46. The zero-order valence-corrected chi connectivity index (χ0v) is 33.3. The van der Waals surface area contributed by atoms with E-state index in [0.717, 1.165) is 35.1 Å². The Balaban J connectivity index is 0.997. The molecule has 60 heavy (non-hydrogen) atoms. The molecule has 3 unspecified atom stereocenters. The number of carbonyl (C=O) groups excluding carboxylic acids is 2. The van der Waals surface area contributed by atoms with E-state index in [2.05, 4.69) is 35.3 Å². The Labute approximate surface area is 346 Å². The first kappa shape index (κ1) is 43.6. The van der Waals surface area contributed by atoms with Crippen molar-refractivity contribution in [1.82, 2.24) is 30.2 Å². The lowest BCUT2D eigenvalue weighted by Crippen LogP contribution is -2.36. The number of imidazole rings is 1. The number of hydrogen-bond acceptors (Lipinski definition) is 18. The zero-order valence-electron chi connectivity index (χ0n) is 32.6. The van der Waals surface area contributed by atoms with Crippen LogP contribution < -0.4 is 0 Å². The lowest BCUT2D eigenvalue weighted by atomic mass is 9.98. The van der Waals surface area contributed by atoms with E-state index in [0.29, 0.717) is 30.9 Å². The maximum atomic E-state index is 13.6. The summed E-state index contributed by atoms with van der Waals surface area (Å²) in [6.07, 6.45) is -2.90. The van der Waals surface area contributed by atoms with Crippen molar-refractivity contribution in [3.63, 3.8) is 0 Å². The van der Waals surface area contributed by atoms with Crippen LogP contribution in [0.2, 0.25) is 5.15 Å². The van der Waals surface area contributed by atoms with Crippen LogP contribution in [0.5, 0.6) is 0 Å². The SMILES string of the molecule is CCCCc1nc(Cl)c(C(=O)OC(C)OC(=O)O[C@H]2COC3C2OC[C@H]3OCCCC[C@@H](CO[N+](=O)[O-])O[N+](=O)[O-])n1Cc1ccc(-c2ccccc2-c2nn[nH]n2)cc1. The number of carbonyl (C=O) groups is 2. The molecule has 322 valence electrons. The third kappa shape index (κ3) is 11.4. The molecule has 23 heteroatoms. The number of benzene rings is 2. The van der Waals surface area contributed by atoms with Crippen molar-refractivity contribution in [2.45, 2.75) is 95.7 Å². The first-order valence-corrected chi connectivity index (χ1v) is 19.6. The van der Waals surface area contributed by atoms with Crippen molar-refractivity contribution >= 4 is 23.7 Å². The van der Waals surface area contributed by atoms with Crippen LogP contribution in [-0.4, -0.2) is 116 Å². The summed E-state index contributed by atoms with van der Waals surface area (Å²) >= 11 is 6.55. The van der Waals surface area contributed by atoms with E-state index in [1.165, 1.54) is 6.92 Å². The van der Waals surface area contributed by atoms with E-state index in [-0.39, 0.29) is 43.6 Å². The molecule has 6 atom stereocenters.